The minimum Gasteiger partial charge on any atom is -0.287 e. The quantitative estimate of drug-likeness (QED) is 0.321. The number of aryl methyl sites for hydroxylation is 3. The van der Waals surface area contributed by atoms with Gasteiger partial charge in [0.25, 0.3) is 11.6 Å². The summed E-state index contributed by atoms with van der Waals surface area (Å²) in [5, 5.41) is 16.2. The highest BCUT2D eigenvalue weighted by Crippen LogP contribution is 2.32. The Hall–Kier alpha value is -3.66. The molecule has 1 aliphatic rings. The van der Waals surface area contributed by atoms with Gasteiger partial charge in [-0.15, -0.1) is 17.9 Å². The molecule has 32 heavy (non-hydrogen) atoms. The summed E-state index contributed by atoms with van der Waals surface area (Å²) in [7, 11) is 0. The molecule has 164 valence electrons. The normalized spacial score (nSPS) is 12.8. The summed E-state index contributed by atoms with van der Waals surface area (Å²) in [5.74, 6) is -0.617. The lowest BCUT2D eigenvalue weighted by Gasteiger charge is -2.18. The minimum absolute atomic E-state index is 0.158. The largest absolute Gasteiger partial charge is 0.294 e. The van der Waals surface area contributed by atoms with Crippen molar-refractivity contribution in [3.8, 4) is 5.69 Å². The van der Waals surface area contributed by atoms with Crippen molar-refractivity contribution in [1.29, 1.82) is 0 Å². The molecule has 9 nitrogen and oxygen atoms in total. The molecule has 0 atom stereocenters. The Morgan fingerprint density at radius 2 is 2.09 bits per heavy atom. The third-order valence-corrected chi connectivity index (χ3v) is 6.42. The van der Waals surface area contributed by atoms with E-state index in [1.807, 2.05) is 0 Å². The van der Waals surface area contributed by atoms with E-state index in [0.717, 1.165) is 36.3 Å². The molecule has 0 saturated carbocycles. The Morgan fingerprint density at radius 1 is 1.34 bits per heavy atom. The number of thiazole rings is 1. The van der Waals surface area contributed by atoms with Crippen molar-refractivity contribution in [2.45, 2.75) is 32.6 Å². The van der Waals surface area contributed by atoms with Crippen LogP contribution in [0.15, 0.2) is 47.8 Å². The third-order valence-electron chi connectivity index (χ3n) is 5.24. The van der Waals surface area contributed by atoms with E-state index in [0.29, 0.717) is 10.8 Å². The van der Waals surface area contributed by atoms with Crippen molar-refractivity contribution < 1.29 is 9.72 Å². The molecule has 4 rings (SSSR count). The molecule has 0 spiro atoms. The van der Waals surface area contributed by atoms with E-state index in [4.69, 9.17) is 0 Å². The van der Waals surface area contributed by atoms with Gasteiger partial charge in [-0.1, -0.05) is 18.2 Å². The van der Waals surface area contributed by atoms with Gasteiger partial charge < -0.3 is 0 Å². The number of hydrogen-bond donors (Lipinski definition) is 0. The van der Waals surface area contributed by atoms with Crippen LogP contribution in [0.4, 0.5) is 10.8 Å². The molecule has 0 radical (unpaired) electrons. The monoisotopic (exact) mass is 451 g/mol. The number of nitro groups is 1. The van der Waals surface area contributed by atoms with Gasteiger partial charge in [-0.3, -0.25) is 24.6 Å². The van der Waals surface area contributed by atoms with Crippen molar-refractivity contribution in [2.24, 2.45) is 0 Å². The first-order valence-electron chi connectivity index (χ1n) is 10.2. The lowest BCUT2D eigenvalue weighted by atomic mass is 10.0. The second kappa shape index (κ2) is 8.83. The van der Waals surface area contributed by atoms with Crippen molar-refractivity contribution >= 4 is 28.1 Å². The number of nitrogens with zero attached hydrogens (tertiary/aromatic N) is 5. The number of amides is 1. The average Bonchev–Trinajstić information content (AvgIpc) is 3.21. The summed E-state index contributed by atoms with van der Waals surface area (Å²) in [6.45, 7) is 5.49. The van der Waals surface area contributed by atoms with E-state index in [2.05, 4.69) is 16.7 Å². The maximum atomic E-state index is 13.4. The standard InChI is InChI=1S/C22H21N5O4S/c1-3-12-25(22-23-15-8-4-7-11-19(15)32-22)21(29)20-18(28)13-14(2)26(24-20)16-9-5-6-10-17(16)27(30)31/h3,5-6,9-10,13H,1,4,7-8,11-12H2,2H3. The zero-order valence-corrected chi connectivity index (χ0v) is 18.3. The van der Waals surface area contributed by atoms with E-state index in [9.17, 15) is 19.7 Å². The third kappa shape index (κ3) is 3.96. The summed E-state index contributed by atoms with van der Waals surface area (Å²) in [5.41, 5.74) is 0.472. The van der Waals surface area contributed by atoms with Crippen molar-refractivity contribution in [2.75, 3.05) is 11.4 Å². The number of anilines is 1. The number of aromatic nitrogens is 3. The van der Waals surface area contributed by atoms with E-state index >= 15 is 0 Å². The molecule has 0 fully saturated rings. The molecule has 10 heteroatoms. The molecule has 3 aromatic rings. The number of carbonyl (C=O) groups excluding carboxylic acids is 1. The molecule has 1 aliphatic carbocycles. The van der Waals surface area contributed by atoms with Gasteiger partial charge in [0.1, 0.15) is 5.69 Å². The lowest BCUT2D eigenvalue weighted by Crippen LogP contribution is -2.36. The molecule has 0 bridgehead atoms. The van der Waals surface area contributed by atoms with Gasteiger partial charge in [-0.05, 0) is 38.7 Å². The second-order valence-corrected chi connectivity index (χ2v) is 8.50. The molecule has 0 saturated heterocycles. The number of rotatable bonds is 6. The molecule has 2 heterocycles. The SMILES string of the molecule is C=CCN(C(=O)c1nn(-c2ccccc2[N+](=O)[O-])c(C)cc1=O)c1nc2c(s1)CCCC2. The zero-order chi connectivity index (χ0) is 22.8. The number of fused-ring (bicyclic) bond motifs is 1. The predicted molar refractivity (Wildman–Crippen MR) is 122 cm³/mol. The highest BCUT2D eigenvalue weighted by molar-refractivity contribution is 7.16. The zero-order valence-electron chi connectivity index (χ0n) is 17.5. The molecule has 0 unspecified atom stereocenters. The Balaban J connectivity index is 1.80. The van der Waals surface area contributed by atoms with Crippen molar-refractivity contribution in [1.82, 2.24) is 14.8 Å². The van der Waals surface area contributed by atoms with Crippen LogP contribution >= 0.6 is 11.3 Å². The van der Waals surface area contributed by atoms with Crippen LogP contribution in [0, 0.1) is 17.0 Å². The fourth-order valence-electron chi connectivity index (χ4n) is 3.70. The smallest absolute Gasteiger partial charge is 0.287 e. The van der Waals surface area contributed by atoms with E-state index in [-0.39, 0.29) is 23.6 Å². The summed E-state index contributed by atoms with van der Waals surface area (Å²) in [6, 6.07) is 7.30. The first-order chi connectivity index (χ1) is 15.4. The van der Waals surface area contributed by atoms with Gasteiger partial charge in [-0.25, -0.2) is 9.67 Å². The van der Waals surface area contributed by atoms with Crippen LogP contribution in [-0.4, -0.2) is 32.1 Å². The van der Waals surface area contributed by atoms with Crippen LogP contribution < -0.4 is 10.3 Å². The fraction of sp³-hybridized carbons (Fsp3) is 0.273. The van der Waals surface area contributed by atoms with Crippen LogP contribution in [0.25, 0.3) is 5.69 Å². The number of hydrogen-bond acceptors (Lipinski definition) is 7. The van der Waals surface area contributed by atoms with Crippen LogP contribution in [0.1, 0.15) is 39.6 Å². The van der Waals surface area contributed by atoms with Gasteiger partial charge in [-0.2, -0.15) is 5.10 Å². The highest BCUT2D eigenvalue weighted by atomic mass is 32.1. The molecule has 0 N–H and O–H groups in total. The second-order valence-electron chi connectivity index (χ2n) is 7.43. The van der Waals surface area contributed by atoms with Crippen LogP contribution in [-0.2, 0) is 12.8 Å². The Morgan fingerprint density at radius 3 is 2.81 bits per heavy atom. The molecular weight excluding hydrogens is 430 g/mol. The number of para-hydroxylation sites is 2. The molecule has 0 aliphatic heterocycles. The van der Waals surface area contributed by atoms with Gasteiger partial charge in [0.05, 0.1) is 10.6 Å². The van der Waals surface area contributed by atoms with Gasteiger partial charge in [0, 0.05) is 29.2 Å². The first-order valence-corrected chi connectivity index (χ1v) is 11.0. The number of nitro benzene ring substituents is 1. The maximum Gasteiger partial charge on any atom is 0.294 e. The van der Waals surface area contributed by atoms with Crippen molar-refractivity contribution in [3.05, 3.63) is 85.3 Å². The van der Waals surface area contributed by atoms with Crippen LogP contribution in [0.3, 0.4) is 0 Å². The molecule has 2 aromatic heterocycles. The summed E-state index contributed by atoms with van der Waals surface area (Å²) in [4.78, 5) is 44.3. The maximum absolute atomic E-state index is 13.4. The van der Waals surface area contributed by atoms with Gasteiger partial charge >= 0.3 is 0 Å². The molecular formula is C22H21N5O4S. The summed E-state index contributed by atoms with van der Waals surface area (Å²) in [6.07, 6.45) is 5.51. The van der Waals surface area contributed by atoms with Gasteiger partial charge in [0.2, 0.25) is 5.43 Å². The Kier molecular flexibility index (Phi) is 5.95. The van der Waals surface area contributed by atoms with Crippen LogP contribution in [0.5, 0.6) is 0 Å². The Bertz CT molecular complexity index is 1260. The fourth-order valence-corrected chi connectivity index (χ4v) is 4.85. The lowest BCUT2D eigenvalue weighted by molar-refractivity contribution is -0.384. The Labute approximate surface area is 187 Å². The highest BCUT2D eigenvalue weighted by Gasteiger charge is 2.27. The minimum atomic E-state index is -0.617. The topological polar surface area (TPSA) is 111 Å². The van der Waals surface area contributed by atoms with Crippen LogP contribution in [0.2, 0.25) is 0 Å². The summed E-state index contributed by atoms with van der Waals surface area (Å²) >= 11 is 1.44. The van der Waals surface area contributed by atoms with Crippen molar-refractivity contribution in [3.63, 3.8) is 0 Å². The van der Waals surface area contributed by atoms with E-state index < -0.39 is 16.3 Å². The molecule has 1 amide bonds. The van der Waals surface area contributed by atoms with Gasteiger partial charge in [0.15, 0.2) is 10.8 Å². The predicted octanol–water partition coefficient (Wildman–Crippen LogP) is 3.62. The summed E-state index contributed by atoms with van der Waals surface area (Å²) < 4.78 is 1.26. The number of benzene rings is 1. The van der Waals surface area contributed by atoms with E-state index in [1.54, 1.807) is 25.1 Å². The van der Waals surface area contributed by atoms with E-state index in [1.165, 1.54) is 39.1 Å². The average molecular weight is 452 g/mol. The molecule has 1 aromatic carbocycles. The number of carbonyl (C=O) groups is 1. The first kappa shape index (κ1) is 21.6.